The molecule has 0 fully saturated rings. The van der Waals surface area contributed by atoms with Gasteiger partial charge in [0.15, 0.2) is 11.0 Å². The normalized spacial score (nSPS) is 12.0. The molecule has 27 heavy (non-hydrogen) atoms. The van der Waals surface area contributed by atoms with E-state index < -0.39 is 0 Å². The number of carbonyl (C=O) groups is 1. The lowest BCUT2D eigenvalue weighted by molar-refractivity contribution is -0.120. The number of carbonyl (C=O) groups excluding carboxylic acids is 1. The van der Waals surface area contributed by atoms with Crippen molar-refractivity contribution in [3.05, 3.63) is 60.4 Å². The highest BCUT2D eigenvalue weighted by Crippen LogP contribution is 2.30. The third kappa shape index (κ3) is 4.54. The van der Waals surface area contributed by atoms with Crippen LogP contribution in [0.3, 0.4) is 0 Å². The molecule has 1 atom stereocenters. The Balaban J connectivity index is 1.98. The molecule has 0 aliphatic heterocycles. The monoisotopic (exact) mass is 384 g/mol. The smallest absolute Gasteiger partial charge is 0.233 e. The van der Waals surface area contributed by atoms with Crippen LogP contribution in [-0.2, 0) is 4.79 Å². The Morgan fingerprint density at radius 3 is 2.52 bits per heavy atom. The summed E-state index contributed by atoms with van der Waals surface area (Å²) in [4.78, 5) is 12.2. The molecule has 1 N–H and O–H groups in total. The van der Waals surface area contributed by atoms with Crippen LogP contribution in [0.5, 0.6) is 0 Å². The molecule has 1 unspecified atom stereocenters. The number of hydrogen-bond donors (Lipinski definition) is 1. The first-order valence-corrected chi connectivity index (χ1v) is 9.69. The van der Waals surface area contributed by atoms with Crippen molar-refractivity contribution in [2.24, 2.45) is 0 Å². The molecular formula is C20H21FN4OS. The van der Waals surface area contributed by atoms with Crippen molar-refractivity contribution < 1.29 is 9.18 Å². The summed E-state index contributed by atoms with van der Waals surface area (Å²) in [5, 5.41) is 11.8. The average molecular weight is 384 g/mol. The van der Waals surface area contributed by atoms with E-state index in [4.69, 9.17) is 0 Å². The molecule has 0 saturated carbocycles. The first kappa shape index (κ1) is 19.1. The maximum atomic E-state index is 13.4. The number of hydrogen-bond acceptors (Lipinski definition) is 4. The number of rotatable bonds is 7. The predicted molar refractivity (Wildman–Crippen MR) is 105 cm³/mol. The molecule has 2 aromatic carbocycles. The van der Waals surface area contributed by atoms with Gasteiger partial charge in [-0.1, -0.05) is 49.0 Å². The minimum atomic E-state index is -0.330. The van der Waals surface area contributed by atoms with Gasteiger partial charge in [0.1, 0.15) is 5.82 Å². The van der Waals surface area contributed by atoms with Gasteiger partial charge in [-0.05, 0) is 37.6 Å². The summed E-state index contributed by atoms with van der Waals surface area (Å²) >= 11 is 1.33. The fraction of sp³-hybridized carbons (Fsp3) is 0.250. The fourth-order valence-electron chi connectivity index (χ4n) is 2.55. The maximum Gasteiger partial charge on any atom is 0.233 e. The van der Waals surface area contributed by atoms with E-state index in [1.807, 2.05) is 48.7 Å². The Bertz CT molecular complexity index is 896. The van der Waals surface area contributed by atoms with Crippen LogP contribution in [0.4, 0.5) is 4.39 Å². The van der Waals surface area contributed by atoms with Crippen molar-refractivity contribution in [1.29, 1.82) is 0 Å². The highest BCUT2D eigenvalue weighted by molar-refractivity contribution is 8.00. The maximum absolute atomic E-state index is 13.4. The largest absolute Gasteiger partial charge is 0.355 e. The van der Waals surface area contributed by atoms with E-state index in [0.29, 0.717) is 17.5 Å². The summed E-state index contributed by atoms with van der Waals surface area (Å²) in [5.41, 5.74) is 1.63. The Hall–Kier alpha value is -2.67. The quantitative estimate of drug-likeness (QED) is 0.624. The number of amides is 1. The van der Waals surface area contributed by atoms with E-state index in [2.05, 4.69) is 15.5 Å². The third-order valence-electron chi connectivity index (χ3n) is 3.95. The van der Waals surface area contributed by atoms with E-state index in [9.17, 15) is 9.18 Å². The van der Waals surface area contributed by atoms with Gasteiger partial charge in [0.2, 0.25) is 5.91 Å². The molecule has 0 aliphatic carbocycles. The highest BCUT2D eigenvalue weighted by atomic mass is 32.2. The van der Waals surface area contributed by atoms with Crippen LogP contribution in [0.15, 0.2) is 59.8 Å². The second-order valence-corrected chi connectivity index (χ2v) is 7.34. The van der Waals surface area contributed by atoms with Gasteiger partial charge in [-0.3, -0.25) is 9.36 Å². The second kappa shape index (κ2) is 8.81. The topological polar surface area (TPSA) is 59.8 Å². The van der Waals surface area contributed by atoms with Crippen molar-refractivity contribution in [2.75, 3.05) is 6.54 Å². The van der Waals surface area contributed by atoms with Crippen LogP contribution >= 0.6 is 11.8 Å². The van der Waals surface area contributed by atoms with Gasteiger partial charge < -0.3 is 5.32 Å². The number of nitrogens with zero attached hydrogens (tertiary/aromatic N) is 3. The zero-order chi connectivity index (χ0) is 19.2. The molecule has 0 aliphatic rings. The van der Waals surface area contributed by atoms with Crippen molar-refractivity contribution in [3.8, 4) is 17.1 Å². The van der Waals surface area contributed by atoms with Gasteiger partial charge in [-0.25, -0.2) is 4.39 Å². The summed E-state index contributed by atoms with van der Waals surface area (Å²) in [6, 6.07) is 15.8. The zero-order valence-electron chi connectivity index (χ0n) is 15.2. The van der Waals surface area contributed by atoms with Crippen LogP contribution in [-0.4, -0.2) is 32.5 Å². The summed E-state index contributed by atoms with van der Waals surface area (Å²) in [6.45, 7) is 4.49. The molecule has 0 saturated heterocycles. The van der Waals surface area contributed by atoms with E-state index in [1.54, 1.807) is 12.1 Å². The van der Waals surface area contributed by atoms with Crippen LogP contribution < -0.4 is 5.32 Å². The Kier molecular flexibility index (Phi) is 6.24. The molecule has 3 rings (SSSR count). The van der Waals surface area contributed by atoms with Crippen LogP contribution in [0.1, 0.15) is 20.3 Å². The van der Waals surface area contributed by atoms with Gasteiger partial charge in [0.25, 0.3) is 0 Å². The number of nitrogens with one attached hydrogen (secondary N) is 1. The lowest BCUT2D eigenvalue weighted by atomic mass is 10.2. The molecule has 5 nitrogen and oxygen atoms in total. The molecule has 1 amide bonds. The highest BCUT2D eigenvalue weighted by Gasteiger charge is 2.21. The summed E-state index contributed by atoms with van der Waals surface area (Å²) in [6.07, 6.45) is 0.882. The van der Waals surface area contributed by atoms with Gasteiger partial charge in [0.05, 0.1) is 5.25 Å². The molecule has 0 bridgehead atoms. The Morgan fingerprint density at radius 2 is 1.85 bits per heavy atom. The van der Waals surface area contributed by atoms with Gasteiger partial charge >= 0.3 is 0 Å². The van der Waals surface area contributed by atoms with Crippen LogP contribution in [0.2, 0.25) is 0 Å². The van der Waals surface area contributed by atoms with Gasteiger partial charge in [0, 0.05) is 17.8 Å². The first-order chi connectivity index (χ1) is 13.1. The molecule has 0 radical (unpaired) electrons. The SMILES string of the molecule is CCCNC(=O)C(C)Sc1nnc(-c2ccccc2)n1-c1ccc(F)cc1. The minimum Gasteiger partial charge on any atom is -0.355 e. The van der Waals surface area contributed by atoms with E-state index in [-0.39, 0.29) is 17.0 Å². The summed E-state index contributed by atoms with van der Waals surface area (Å²) < 4.78 is 15.2. The third-order valence-corrected chi connectivity index (χ3v) is 4.99. The average Bonchev–Trinajstić information content (AvgIpc) is 3.10. The van der Waals surface area contributed by atoms with E-state index in [1.165, 1.54) is 23.9 Å². The lowest BCUT2D eigenvalue weighted by Crippen LogP contribution is -2.31. The number of thioether (sulfide) groups is 1. The van der Waals surface area contributed by atoms with E-state index in [0.717, 1.165) is 17.7 Å². The van der Waals surface area contributed by atoms with Crippen molar-refractivity contribution >= 4 is 17.7 Å². The Labute approximate surface area is 162 Å². The summed E-state index contributed by atoms with van der Waals surface area (Å²) in [7, 11) is 0. The van der Waals surface area contributed by atoms with Crippen molar-refractivity contribution in [3.63, 3.8) is 0 Å². The second-order valence-electron chi connectivity index (χ2n) is 6.04. The molecule has 140 valence electrons. The fourth-order valence-corrected chi connectivity index (χ4v) is 3.44. The molecule has 1 heterocycles. The van der Waals surface area contributed by atoms with Crippen LogP contribution in [0, 0.1) is 5.82 Å². The molecule has 1 aromatic heterocycles. The predicted octanol–water partition coefficient (Wildman–Crippen LogP) is 4.08. The van der Waals surface area contributed by atoms with Gasteiger partial charge in [-0.15, -0.1) is 10.2 Å². The Morgan fingerprint density at radius 1 is 1.15 bits per heavy atom. The van der Waals surface area contributed by atoms with Crippen LogP contribution in [0.25, 0.3) is 17.1 Å². The standard InChI is InChI=1S/C20H21FN4OS/c1-3-13-22-19(26)14(2)27-20-24-23-18(15-7-5-4-6-8-15)25(20)17-11-9-16(21)10-12-17/h4-12,14H,3,13H2,1-2H3,(H,22,26). The molecular weight excluding hydrogens is 363 g/mol. The van der Waals surface area contributed by atoms with Gasteiger partial charge in [-0.2, -0.15) is 0 Å². The van der Waals surface area contributed by atoms with Crippen molar-refractivity contribution in [2.45, 2.75) is 30.7 Å². The minimum absolute atomic E-state index is 0.0447. The molecule has 7 heteroatoms. The summed E-state index contributed by atoms with van der Waals surface area (Å²) in [5.74, 6) is 0.289. The number of benzene rings is 2. The van der Waals surface area contributed by atoms with Crippen molar-refractivity contribution in [1.82, 2.24) is 20.1 Å². The molecule has 3 aromatic rings. The molecule has 0 spiro atoms. The zero-order valence-corrected chi connectivity index (χ0v) is 16.0. The lowest BCUT2D eigenvalue weighted by Gasteiger charge is -2.13. The number of halogens is 1. The first-order valence-electron chi connectivity index (χ1n) is 8.81. The number of aromatic nitrogens is 3. The van der Waals surface area contributed by atoms with E-state index >= 15 is 0 Å².